The van der Waals surface area contributed by atoms with E-state index in [4.69, 9.17) is 0 Å². The fourth-order valence-corrected chi connectivity index (χ4v) is 3.61. The maximum Gasteiger partial charge on any atom is 0.120 e. The molecule has 1 aliphatic heterocycles. The molecule has 4 rings (SSSR count). The van der Waals surface area contributed by atoms with E-state index in [1.807, 2.05) is 28.9 Å². The van der Waals surface area contributed by atoms with Crippen LogP contribution in [-0.4, -0.2) is 38.1 Å². The average molecular weight is 348 g/mol. The molecule has 5 heteroatoms. The monoisotopic (exact) mass is 348 g/mol. The highest BCUT2D eigenvalue weighted by Crippen LogP contribution is 2.25. The first-order valence-corrected chi connectivity index (χ1v) is 9.22. The molecule has 0 amide bonds. The average Bonchev–Trinajstić information content (AvgIpc) is 3.13. The first kappa shape index (κ1) is 16.8. The number of para-hydroxylation sites is 1. The number of hydrogen-bond acceptors (Lipinski definition) is 4. The van der Waals surface area contributed by atoms with Crippen LogP contribution in [0.25, 0.3) is 0 Å². The van der Waals surface area contributed by atoms with Crippen LogP contribution in [-0.2, 0) is 13.0 Å². The van der Waals surface area contributed by atoms with Gasteiger partial charge in [-0.1, -0.05) is 53.7 Å². The zero-order valence-corrected chi connectivity index (χ0v) is 14.8. The van der Waals surface area contributed by atoms with Gasteiger partial charge in [0.2, 0.25) is 0 Å². The van der Waals surface area contributed by atoms with E-state index in [0.717, 1.165) is 50.2 Å². The van der Waals surface area contributed by atoms with Gasteiger partial charge in [0.05, 0.1) is 11.7 Å². The molecular formula is C21H24N4O. The van der Waals surface area contributed by atoms with Gasteiger partial charge in [-0.3, -0.25) is 4.90 Å². The Morgan fingerprint density at radius 1 is 0.962 bits per heavy atom. The Balaban J connectivity index is 1.33. The van der Waals surface area contributed by atoms with Crippen molar-refractivity contribution in [3.63, 3.8) is 0 Å². The van der Waals surface area contributed by atoms with Crippen molar-refractivity contribution in [3.05, 3.63) is 77.6 Å². The Morgan fingerprint density at radius 2 is 1.69 bits per heavy atom. The fraction of sp³-hybridized carbons (Fsp3) is 0.333. The van der Waals surface area contributed by atoms with Gasteiger partial charge < -0.3 is 5.11 Å². The molecule has 2 aromatic carbocycles. The summed E-state index contributed by atoms with van der Waals surface area (Å²) in [5, 5.41) is 18.7. The van der Waals surface area contributed by atoms with Crippen molar-refractivity contribution in [1.82, 2.24) is 19.9 Å². The van der Waals surface area contributed by atoms with Crippen LogP contribution in [0.15, 0.2) is 60.8 Å². The summed E-state index contributed by atoms with van der Waals surface area (Å²) in [7, 11) is 0. The first-order valence-electron chi connectivity index (χ1n) is 9.22. The standard InChI is InChI=1S/C21H24N4O/c26-21-9-5-4-8-18(21)15-24-12-10-20(11-13-24)25-16-19(22-23-25)14-17-6-2-1-3-7-17/h1-9,16,20,26H,10-15H2. The number of rotatable bonds is 5. The van der Waals surface area contributed by atoms with E-state index >= 15 is 0 Å². The number of nitrogens with zero attached hydrogens (tertiary/aromatic N) is 4. The lowest BCUT2D eigenvalue weighted by molar-refractivity contribution is 0.171. The predicted octanol–water partition coefficient (Wildman–Crippen LogP) is 3.41. The number of phenols is 1. The molecule has 0 radical (unpaired) electrons. The van der Waals surface area contributed by atoms with Crippen molar-refractivity contribution in [3.8, 4) is 5.75 Å². The van der Waals surface area contributed by atoms with Gasteiger partial charge in [-0.25, -0.2) is 4.68 Å². The summed E-state index contributed by atoms with van der Waals surface area (Å²) in [6.07, 6.45) is 5.03. The van der Waals surface area contributed by atoms with Crippen molar-refractivity contribution >= 4 is 0 Å². The Labute approximate surface area is 153 Å². The van der Waals surface area contributed by atoms with E-state index in [9.17, 15) is 5.11 Å². The van der Waals surface area contributed by atoms with Crippen LogP contribution in [0.3, 0.4) is 0 Å². The Bertz CT molecular complexity index is 838. The van der Waals surface area contributed by atoms with Gasteiger partial charge in [0, 0.05) is 37.8 Å². The molecule has 0 bridgehead atoms. The molecule has 1 fully saturated rings. The molecule has 1 aliphatic rings. The van der Waals surface area contributed by atoms with Gasteiger partial charge in [0.15, 0.2) is 0 Å². The molecule has 3 aromatic rings. The Kier molecular flexibility index (Phi) is 4.97. The van der Waals surface area contributed by atoms with Crippen LogP contribution in [0.5, 0.6) is 5.75 Å². The maximum atomic E-state index is 9.95. The van der Waals surface area contributed by atoms with Crippen molar-refractivity contribution in [1.29, 1.82) is 0 Å². The summed E-state index contributed by atoms with van der Waals surface area (Å²) in [4.78, 5) is 2.40. The zero-order chi connectivity index (χ0) is 17.8. The highest BCUT2D eigenvalue weighted by atomic mass is 16.3. The van der Waals surface area contributed by atoms with Crippen LogP contribution in [0.1, 0.15) is 35.7 Å². The van der Waals surface area contributed by atoms with Crippen LogP contribution >= 0.6 is 0 Å². The molecule has 5 nitrogen and oxygen atoms in total. The normalized spacial score (nSPS) is 16.0. The highest BCUT2D eigenvalue weighted by Gasteiger charge is 2.22. The second-order valence-corrected chi connectivity index (χ2v) is 6.99. The summed E-state index contributed by atoms with van der Waals surface area (Å²) >= 11 is 0. The highest BCUT2D eigenvalue weighted by molar-refractivity contribution is 5.31. The molecule has 0 spiro atoms. The Morgan fingerprint density at radius 3 is 2.46 bits per heavy atom. The smallest absolute Gasteiger partial charge is 0.120 e. The Hall–Kier alpha value is -2.66. The topological polar surface area (TPSA) is 54.2 Å². The lowest BCUT2D eigenvalue weighted by Gasteiger charge is -2.31. The molecule has 2 heterocycles. The first-order chi connectivity index (χ1) is 12.8. The summed E-state index contributed by atoms with van der Waals surface area (Å²) < 4.78 is 2.04. The summed E-state index contributed by atoms with van der Waals surface area (Å²) in [6.45, 7) is 2.82. The SMILES string of the molecule is Oc1ccccc1CN1CCC(n2cc(Cc3ccccc3)nn2)CC1. The minimum absolute atomic E-state index is 0.386. The molecule has 26 heavy (non-hydrogen) atoms. The van der Waals surface area contributed by atoms with Crippen LogP contribution < -0.4 is 0 Å². The number of likely N-dealkylation sites (tertiary alicyclic amines) is 1. The number of aromatic hydroxyl groups is 1. The molecule has 1 saturated heterocycles. The van der Waals surface area contributed by atoms with E-state index in [2.05, 4.69) is 45.7 Å². The minimum atomic E-state index is 0.386. The summed E-state index contributed by atoms with van der Waals surface area (Å²) in [6, 6.07) is 18.4. The van der Waals surface area contributed by atoms with Gasteiger partial charge in [-0.15, -0.1) is 5.10 Å². The predicted molar refractivity (Wildman–Crippen MR) is 101 cm³/mol. The van der Waals surface area contributed by atoms with E-state index in [0.29, 0.717) is 11.8 Å². The number of hydrogen-bond donors (Lipinski definition) is 1. The molecule has 1 N–H and O–H groups in total. The number of aromatic nitrogens is 3. The zero-order valence-electron chi connectivity index (χ0n) is 14.8. The second-order valence-electron chi connectivity index (χ2n) is 6.99. The van der Waals surface area contributed by atoms with Gasteiger partial charge in [-0.05, 0) is 24.5 Å². The quantitative estimate of drug-likeness (QED) is 0.768. The number of piperidine rings is 1. The maximum absolute atomic E-state index is 9.95. The summed E-state index contributed by atoms with van der Waals surface area (Å²) in [5.41, 5.74) is 3.28. The van der Waals surface area contributed by atoms with E-state index in [1.54, 1.807) is 6.07 Å². The van der Waals surface area contributed by atoms with Crippen molar-refractivity contribution in [2.24, 2.45) is 0 Å². The molecule has 0 saturated carbocycles. The van der Waals surface area contributed by atoms with Gasteiger partial charge >= 0.3 is 0 Å². The van der Waals surface area contributed by atoms with Gasteiger partial charge in [-0.2, -0.15) is 0 Å². The van der Waals surface area contributed by atoms with Gasteiger partial charge in [0.25, 0.3) is 0 Å². The molecule has 1 aromatic heterocycles. The van der Waals surface area contributed by atoms with Crippen LogP contribution in [0, 0.1) is 0 Å². The van der Waals surface area contributed by atoms with Crippen molar-refractivity contribution in [2.75, 3.05) is 13.1 Å². The molecule has 0 atom stereocenters. The number of benzene rings is 2. The van der Waals surface area contributed by atoms with E-state index in [-0.39, 0.29) is 0 Å². The summed E-state index contributed by atoms with van der Waals surface area (Å²) in [5.74, 6) is 0.386. The van der Waals surface area contributed by atoms with Crippen LogP contribution in [0.4, 0.5) is 0 Å². The third-order valence-corrected chi connectivity index (χ3v) is 5.10. The molecular weight excluding hydrogens is 324 g/mol. The lowest BCUT2D eigenvalue weighted by Crippen LogP contribution is -2.34. The van der Waals surface area contributed by atoms with Crippen LogP contribution in [0.2, 0.25) is 0 Å². The van der Waals surface area contributed by atoms with Crippen molar-refractivity contribution < 1.29 is 5.11 Å². The minimum Gasteiger partial charge on any atom is -0.508 e. The molecule has 0 unspecified atom stereocenters. The molecule has 134 valence electrons. The van der Waals surface area contributed by atoms with E-state index < -0.39 is 0 Å². The largest absolute Gasteiger partial charge is 0.508 e. The van der Waals surface area contributed by atoms with Gasteiger partial charge in [0.1, 0.15) is 5.75 Å². The fourth-order valence-electron chi connectivity index (χ4n) is 3.61. The lowest BCUT2D eigenvalue weighted by atomic mass is 10.0. The third kappa shape index (κ3) is 3.94. The third-order valence-electron chi connectivity index (χ3n) is 5.10. The molecule has 0 aliphatic carbocycles. The second kappa shape index (κ2) is 7.70. The number of phenolic OH excluding ortho intramolecular Hbond substituents is 1. The van der Waals surface area contributed by atoms with Crippen molar-refractivity contribution in [2.45, 2.75) is 31.8 Å². The van der Waals surface area contributed by atoms with E-state index in [1.165, 1.54) is 5.56 Å².